The van der Waals surface area contributed by atoms with Gasteiger partial charge in [0.1, 0.15) is 255 Å². The number of nitrogens with one attached hydrogen (secondary N) is 1. The number of rotatable bonds is 33. The van der Waals surface area contributed by atoms with Crippen molar-refractivity contribution in [2.24, 2.45) is 0 Å². The standard InChI is InChI=1S/C21H31NO12.C19H26O13.2C19H28O12.C12H22O10/c1-9(25)22-14-17(28)15(26)12(6-23)33-20(14)32-11-4-2-10(3-5-11)8-31-21-19(30)18(29)16(27)13(7-24)34-21;20-5-10-11(22)12(23)14(25)17(31-10)28-6-8-1-3-9(4-2-8)30-19-16(27)13(24)15(26)18(32-19)29-7-21;2*20-5-10-12(22)14(24)16(26)18(30-10)28-7-8-1-3-9(4-2-8)29-19-17(27)15(25)13(23)11(6-21)31-19;1-3-5(13)7(15)10(18)12(21-3)20-2-4-6(14)8(16)9(17)11(19)22-4/h2-5,12-21,23-24,26-30H,6-8H2,1H3,(H,22,25);1-4,7,10-20,22-27H,5-6H2;2*1-4,10-27H,5-7H2;3-19H,2H2,1H3/t12?,13?,14?,15-,16-,17-,18+,19?,20-,21-;10?,11-,12+,13+,14?,15+,16?,17-,18?,19-;10?,11?,12-,13+,14+,15+,16?,17?,18-,19-;10?,11?,12-,13-,14+,15+,16?,17?,18-,19+;3?,4?,5-,6-,7+,8+,9?,10?,11-,12-/m11111/s1. The van der Waals surface area contributed by atoms with Crippen molar-refractivity contribution in [1.29, 1.82) is 0 Å². The van der Waals surface area contributed by atoms with E-state index in [1.54, 1.807) is 60.7 Å². The molecule has 150 heavy (non-hydrogen) atoms. The number of carbonyl (C=O) groups is 2. The molecule has 0 aromatic heterocycles. The van der Waals surface area contributed by atoms with E-state index in [4.69, 9.17) is 90.0 Å². The summed E-state index contributed by atoms with van der Waals surface area (Å²) in [6.07, 6.45) is -68.6. The molecule has 10 aliphatic heterocycles. The molecule has 0 bridgehead atoms. The lowest BCUT2D eigenvalue weighted by Gasteiger charge is -2.42. The predicted octanol–water partition coefficient (Wildman–Crippen LogP) is -19.4. The predicted molar refractivity (Wildman–Crippen MR) is 476 cm³/mol. The van der Waals surface area contributed by atoms with Gasteiger partial charge in [0.2, 0.25) is 37.4 Å². The summed E-state index contributed by atoms with van der Waals surface area (Å²) in [6.45, 7) is -1.81. The molecule has 38 N–H and O–H groups in total. The van der Waals surface area contributed by atoms with E-state index in [1.807, 2.05) is 0 Å². The zero-order chi connectivity index (χ0) is 110. The Morgan fingerprint density at radius 2 is 0.467 bits per heavy atom. The maximum atomic E-state index is 11.5. The van der Waals surface area contributed by atoms with E-state index in [-0.39, 0.29) is 62.5 Å². The second-order valence-corrected chi connectivity index (χ2v) is 36.0. The van der Waals surface area contributed by atoms with Crippen LogP contribution in [0.5, 0.6) is 23.0 Å². The summed E-state index contributed by atoms with van der Waals surface area (Å²) in [4.78, 5) is 22.0. The highest BCUT2D eigenvalue weighted by atomic mass is 16.8. The number of benzene rings is 4. The largest absolute Gasteiger partial charge is 0.463 e. The van der Waals surface area contributed by atoms with E-state index in [1.165, 1.54) is 50.2 Å². The van der Waals surface area contributed by atoms with E-state index in [2.05, 4.69) is 10.1 Å². The minimum Gasteiger partial charge on any atom is -0.463 e. The van der Waals surface area contributed by atoms with Crippen LogP contribution in [0.1, 0.15) is 36.1 Å². The molecule has 1 amide bonds. The van der Waals surface area contributed by atoms with Crippen molar-refractivity contribution in [3.63, 3.8) is 0 Å². The Bertz CT molecular complexity index is 4380. The lowest BCUT2D eigenvalue weighted by Crippen LogP contribution is -2.65. The third kappa shape index (κ3) is 31.7. The maximum Gasteiger partial charge on any atom is 0.295 e. The minimum absolute atomic E-state index is 0.0274. The van der Waals surface area contributed by atoms with Gasteiger partial charge in [0.15, 0.2) is 37.7 Å². The summed E-state index contributed by atoms with van der Waals surface area (Å²) < 4.78 is 106. The summed E-state index contributed by atoms with van der Waals surface area (Å²) in [5.74, 6) is 0.551. The Morgan fingerprint density at radius 3 is 0.747 bits per heavy atom. The van der Waals surface area contributed by atoms with Gasteiger partial charge in [-0.25, -0.2) is 0 Å². The molecule has 60 heteroatoms. The molecule has 0 aliphatic carbocycles. The zero-order valence-corrected chi connectivity index (χ0v) is 79.7. The second kappa shape index (κ2) is 58.3. The Balaban J connectivity index is 0.000000193. The molecule has 60 nitrogen and oxygen atoms in total. The number of amides is 1. The van der Waals surface area contributed by atoms with Crippen molar-refractivity contribution in [3.05, 3.63) is 119 Å². The van der Waals surface area contributed by atoms with Crippen LogP contribution in [0.3, 0.4) is 0 Å². The number of aliphatic hydroxyl groups excluding tert-OH is 37. The molecule has 10 saturated heterocycles. The van der Waals surface area contributed by atoms with Gasteiger partial charge in [-0.2, -0.15) is 0 Å². The van der Waals surface area contributed by atoms with E-state index in [9.17, 15) is 199 Å². The number of aliphatic hydroxyl groups is 37. The Kier molecular flexibility index (Phi) is 48.5. The Labute approximate surface area is 850 Å². The highest BCUT2D eigenvalue weighted by Crippen LogP contribution is 2.36. The van der Waals surface area contributed by atoms with Gasteiger partial charge in [0.25, 0.3) is 6.47 Å². The van der Waals surface area contributed by atoms with Crippen LogP contribution in [-0.2, 0) is 112 Å². The molecular formula is C90H135NO59. The Morgan fingerprint density at radius 1 is 0.247 bits per heavy atom. The van der Waals surface area contributed by atoms with Crippen molar-refractivity contribution >= 4 is 12.4 Å². The summed E-state index contributed by atoms with van der Waals surface area (Å²) >= 11 is 0. The van der Waals surface area contributed by atoms with Crippen LogP contribution in [0.15, 0.2) is 97.1 Å². The van der Waals surface area contributed by atoms with Gasteiger partial charge in [0.05, 0.1) is 85.4 Å². The molecule has 50 atom stereocenters. The molecule has 0 saturated carbocycles. The number of hydrogen-bond acceptors (Lipinski definition) is 59. The van der Waals surface area contributed by atoms with E-state index >= 15 is 0 Å². The average Bonchev–Trinajstić information content (AvgIpc) is 0.793. The van der Waals surface area contributed by atoms with Crippen LogP contribution in [0.2, 0.25) is 0 Å². The summed E-state index contributed by atoms with van der Waals surface area (Å²) in [6, 6.07) is 23.8. The summed E-state index contributed by atoms with van der Waals surface area (Å²) in [5.41, 5.74) is 2.46. The average molecular weight is 2180 g/mol. The molecule has 20 unspecified atom stereocenters. The fourth-order valence-electron chi connectivity index (χ4n) is 16.1. The lowest BCUT2D eigenvalue weighted by atomic mass is 9.97. The number of carbonyl (C=O) groups excluding carboxylic acids is 2. The topological polar surface area (TPSA) is 979 Å². The minimum atomic E-state index is -1.70. The van der Waals surface area contributed by atoms with E-state index in [0.717, 1.165) is 0 Å². The first-order valence-electron chi connectivity index (χ1n) is 46.9. The van der Waals surface area contributed by atoms with Gasteiger partial charge in [-0.05, 0) is 77.7 Å². The highest BCUT2D eigenvalue weighted by Gasteiger charge is 2.55. The third-order valence-electron chi connectivity index (χ3n) is 25.3. The van der Waals surface area contributed by atoms with Gasteiger partial charge in [-0.15, -0.1) is 0 Å². The van der Waals surface area contributed by atoms with Gasteiger partial charge in [0, 0.05) is 6.92 Å². The Hall–Kier alpha value is -7.06. The van der Waals surface area contributed by atoms with Crippen LogP contribution >= 0.6 is 0 Å². The SMILES string of the molecule is CC(=O)NC1[C@H](Oc2ccc(CO[C@@H]3OC(CO)[C@@H](O)[C@H](O)C3O)cc2)OC(CO)[C@@H](O)[C@@H]1O.CC1O[C@@H](OCC2O[C@@H](O)C(O)[C@@H](O)[C@@H]2O)C(O)[C@@H](O)[C@@H]1O.O=COC1O[C@@H](Oc2ccc(CO[C@@H]3OC(CO)[C@@H](O)[C@H](O)C3O)cc2)C(O)[C@@H](O)[C@@H]1O.OCC1O[C@@H](OCc2ccc(O[C@@H]3OC(CO)[C@H](O)[C@H](O)C3O)cc2)C(O)[C@@H](O)[C@@H]1O.OCC1O[C@@H](OCc2ccc(O[C@H]3OC(CO)[C@@H](O)[C@H](O)C3O)cc2)C(O)[C@@H](O)[C@@H]1O. The fraction of sp³-hybridized carbons (Fsp3) is 0.711. The van der Waals surface area contributed by atoms with Crippen LogP contribution < -0.4 is 24.3 Å². The van der Waals surface area contributed by atoms with Crippen LogP contribution in [0, 0.1) is 0 Å². The molecule has 10 fully saturated rings. The number of hydrogen-bond donors (Lipinski definition) is 38. The second-order valence-electron chi connectivity index (χ2n) is 36.0. The first kappa shape index (κ1) is 125. The highest BCUT2D eigenvalue weighted by molar-refractivity contribution is 5.73. The normalized spacial score (nSPS) is 42.1. The molecule has 4 aromatic carbocycles. The summed E-state index contributed by atoms with van der Waals surface area (Å²) in [7, 11) is 0. The molecule has 0 radical (unpaired) electrons. The molecular weight excluding hydrogens is 2040 g/mol. The molecule has 14 rings (SSSR count). The van der Waals surface area contributed by atoms with Crippen molar-refractivity contribution in [1.82, 2.24) is 5.32 Å². The molecule has 4 aromatic rings. The fourth-order valence-corrected chi connectivity index (χ4v) is 16.1. The van der Waals surface area contributed by atoms with Gasteiger partial charge < -0.3 is 284 Å². The summed E-state index contributed by atoms with van der Waals surface area (Å²) in [5, 5.41) is 362. The van der Waals surface area contributed by atoms with Gasteiger partial charge in [-0.3, -0.25) is 14.3 Å². The lowest BCUT2D eigenvalue weighted by molar-refractivity contribution is -0.322. The van der Waals surface area contributed by atoms with E-state index < -0.39 is 359 Å². The smallest absolute Gasteiger partial charge is 0.295 e. The van der Waals surface area contributed by atoms with Crippen molar-refractivity contribution < 1.29 is 293 Å². The third-order valence-corrected chi connectivity index (χ3v) is 25.3. The zero-order valence-electron chi connectivity index (χ0n) is 79.7. The first-order valence-corrected chi connectivity index (χ1v) is 46.9. The van der Waals surface area contributed by atoms with Crippen LogP contribution in [0.25, 0.3) is 0 Å². The first-order chi connectivity index (χ1) is 71.2. The molecule has 854 valence electrons. The monoisotopic (exact) mass is 2170 g/mol. The quantitative estimate of drug-likeness (QED) is 0.0197. The van der Waals surface area contributed by atoms with Crippen molar-refractivity contribution in [2.75, 3.05) is 52.9 Å². The van der Waals surface area contributed by atoms with Crippen molar-refractivity contribution in [2.45, 2.75) is 347 Å². The molecule has 0 spiro atoms. The molecule has 10 heterocycles. The molecule has 10 aliphatic rings. The number of ether oxygens (including phenoxy) is 20. The van der Waals surface area contributed by atoms with Gasteiger partial charge in [-0.1, -0.05) is 48.5 Å². The van der Waals surface area contributed by atoms with Crippen LogP contribution in [-0.4, -0.2) is 561 Å². The maximum absolute atomic E-state index is 11.5. The van der Waals surface area contributed by atoms with Gasteiger partial charge >= 0.3 is 0 Å². The van der Waals surface area contributed by atoms with E-state index in [0.29, 0.717) is 22.3 Å². The van der Waals surface area contributed by atoms with Crippen molar-refractivity contribution in [3.8, 4) is 23.0 Å². The van der Waals surface area contributed by atoms with Crippen LogP contribution in [0.4, 0.5) is 0 Å².